The number of ether oxygens (including phenoxy) is 4. The van der Waals surface area contributed by atoms with Crippen LogP contribution in [0.15, 0.2) is 70.7 Å². The molecule has 8 nitrogen and oxygen atoms in total. The number of likely N-dealkylation sites (tertiary alicyclic amines) is 1. The Morgan fingerprint density at radius 2 is 1.83 bits per heavy atom. The maximum Gasteiger partial charge on any atom is 0.295 e. The number of nitrogens with zero attached hydrogens (tertiary/aromatic N) is 1. The molecule has 1 unspecified atom stereocenters. The number of carbonyl (C=O) groups excluding carboxylic acids is 2. The number of halogens is 1. The van der Waals surface area contributed by atoms with Crippen molar-refractivity contribution < 1.29 is 33.6 Å². The van der Waals surface area contributed by atoms with Crippen LogP contribution in [0.2, 0.25) is 0 Å². The van der Waals surface area contributed by atoms with Gasteiger partial charge in [0.15, 0.2) is 11.5 Å². The smallest absolute Gasteiger partial charge is 0.295 e. The van der Waals surface area contributed by atoms with Gasteiger partial charge in [-0.25, -0.2) is 0 Å². The fourth-order valence-electron chi connectivity index (χ4n) is 4.41. The average molecular weight is 552 g/mol. The van der Waals surface area contributed by atoms with Crippen LogP contribution in [0.5, 0.6) is 23.0 Å². The van der Waals surface area contributed by atoms with Gasteiger partial charge in [-0.15, -0.1) is 0 Å². The number of methoxy groups -OCH3 is 2. The van der Waals surface area contributed by atoms with Crippen LogP contribution in [0.25, 0.3) is 5.76 Å². The first-order valence-electron chi connectivity index (χ1n) is 11.1. The maximum absolute atomic E-state index is 13.3. The van der Waals surface area contributed by atoms with Crippen LogP contribution in [-0.2, 0) is 16.1 Å². The molecule has 9 heteroatoms. The van der Waals surface area contributed by atoms with Crippen molar-refractivity contribution in [3.63, 3.8) is 0 Å². The molecular weight excluding hydrogens is 530 g/mol. The van der Waals surface area contributed by atoms with Gasteiger partial charge in [-0.2, -0.15) is 0 Å². The molecule has 2 heterocycles. The second kappa shape index (κ2) is 9.58. The molecule has 0 bridgehead atoms. The zero-order valence-electron chi connectivity index (χ0n) is 19.5. The van der Waals surface area contributed by atoms with Gasteiger partial charge in [0.1, 0.15) is 17.3 Å². The number of hydrogen-bond acceptors (Lipinski definition) is 7. The third-order valence-electron chi connectivity index (χ3n) is 6.16. The number of amides is 1. The Morgan fingerprint density at radius 3 is 2.58 bits per heavy atom. The zero-order valence-corrected chi connectivity index (χ0v) is 21.1. The molecule has 1 atom stereocenters. The lowest BCUT2D eigenvalue weighted by Crippen LogP contribution is -2.29. The van der Waals surface area contributed by atoms with E-state index in [4.69, 9.17) is 18.9 Å². The Morgan fingerprint density at radius 1 is 1.03 bits per heavy atom. The molecule has 5 rings (SSSR count). The number of aliphatic hydroxyl groups is 1. The Bertz CT molecular complexity index is 1400. The predicted molar refractivity (Wildman–Crippen MR) is 134 cm³/mol. The molecule has 1 fully saturated rings. The van der Waals surface area contributed by atoms with Crippen molar-refractivity contribution in [2.45, 2.75) is 12.6 Å². The summed E-state index contributed by atoms with van der Waals surface area (Å²) in [4.78, 5) is 28.1. The second-order valence-electron chi connectivity index (χ2n) is 8.24. The minimum Gasteiger partial charge on any atom is -0.507 e. The quantitative estimate of drug-likeness (QED) is 0.266. The molecule has 184 valence electrons. The van der Waals surface area contributed by atoms with E-state index in [-0.39, 0.29) is 24.7 Å². The molecule has 3 aromatic carbocycles. The summed E-state index contributed by atoms with van der Waals surface area (Å²) in [6, 6.07) is 16.6. The van der Waals surface area contributed by atoms with Gasteiger partial charge in [0.2, 0.25) is 6.79 Å². The molecule has 0 spiro atoms. The van der Waals surface area contributed by atoms with Crippen LogP contribution in [-0.4, -0.2) is 42.7 Å². The van der Waals surface area contributed by atoms with Crippen LogP contribution >= 0.6 is 15.9 Å². The van der Waals surface area contributed by atoms with Gasteiger partial charge in [-0.1, -0.05) is 18.2 Å². The highest BCUT2D eigenvalue weighted by Gasteiger charge is 2.46. The van der Waals surface area contributed by atoms with Crippen molar-refractivity contribution in [3.8, 4) is 23.0 Å². The van der Waals surface area contributed by atoms with Gasteiger partial charge in [0.25, 0.3) is 11.7 Å². The molecule has 1 amide bonds. The molecular formula is C27H22BrNO7. The number of Topliss-reactive ketones (excluding diaryl/α,β-unsaturated/α-hetero) is 1. The lowest BCUT2D eigenvalue weighted by atomic mass is 9.95. The Labute approximate surface area is 215 Å². The van der Waals surface area contributed by atoms with E-state index >= 15 is 0 Å². The molecule has 0 aliphatic carbocycles. The first-order chi connectivity index (χ1) is 17.4. The SMILES string of the molecule is COc1cccc(C2/C(=C(\O)c3ccc(OC)c(Br)c3)C(=O)C(=O)N2Cc2ccc3c(c2)OCO3)c1. The van der Waals surface area contributed by atoms with E-state index in [0.717, 1.165) is 5.56 Å². The molecule has 1 saturated heterocycles. The van der Waals surface area contributed by atoms with Crippen molar-refractivity contribution >= 4 is 33.4 Å². The number of carbonyl (C=O) groups is 2. The minimum atomic E-state index is -0.841. The summed E-state index contributed by atoms with van der Waals surface area (Å²) in [6.07, 6.45) is 0. The van der Waals surface area contributed by atoms with Crippen molar-refractivity contribution in [1.82, 2.24) is 4.90 Å². The summed E-state index contributed by atoms with van der Waals surface area (Å²) < 4.78 is 22.1. The topological polar surface area (TPSA) is 94.5 Å². The van der Waals surface area contributed by atoms with Crippen molar-refractivity contribution in [3.05, 3.63) is 87.4 Å². The summed E-state index contributed by atoms with van der Waals surface area (Å²) in [5.74, 6) is 0.563. The average Bonchev–Trinajstić information content (AvgIpc) is 3.46. The van der Waals surface area contributed by atoms with E-state index in [1.165, 1.54) is 19.1 Å². The minimum absolute atomic E-state index is 0.00827. The van der Waals surface area contributed by atoms with Gasteiger partial charge in [-0.3, -0.25) is 9.59 Å². The van der Waals surface area contributed by atoms with Crippen molar-refractivity contribution in [2.75, 3.05) is 21.0 Å². The van der Waals surface area contributed by atoms with E-state index in [2.05, 4.69) is 15.9 Å². The van der Waals surface area contributed by atoms with E-state index in [0.29, 0.717) is 38.6 Å². The Balaban J connectivity index is 1.62. The van der Waals surface area contributed by atoms with Gasteiger partial charge >= 0.3 is 0 Å². The number of ketones is 1. The normalized spacial score (nSPS) is 18.0. The molecule has 3 aromatic rings. The second-order valence-corrected chi connectivity index (χ2v) is 9.09. The van der Waals surface area contributed by atoms with Crippen molar-refractivity contribution in [2.24, 2.45) is 0 Å². The molecule has 2 aliphatic rings. The van der Waals surface area contributed by atoms with Gasteiger partial charge in [0.05, 0.1) is 30.3 Å². The predicted octanol–water partition coefficient (Wildman–Crippen LogP) is 4.82. The summed E-state index contributed by atoms with van der Waals surface area (Å²) in [5.41, 5.74) is 1.74. The van der Waals surface area contributed by atoms with Crippen LogP contribution in [0.1, 0.15) is 22.7 Å². The third kappa shape index (κ3) is 4.15. The van der Waals surface area contributed by atoms with E-state index in [1.807, 2.05) is 6.07 Å². The third-order valence-corrected chi connectivity index (χ3v) is 6.78. The fraction of sp³-hybridized carbons (Fsp3) is 0.185. The summed E-state index contributed by atoms with van der Waals surface area (Å²) in [7, 11) is 3.07. The molecule has 0 aromatic heterocycles. The molecule has 0 saturated carbocycles. The summed E-state index contributed by atoms with van der Waals surface area (Å²) in [5, 5.41) is 11.3. The molecule has 0 radical (unpaired) electrons. The molecule has 36 heavy (non-hydrogen) atoms. The molecule has 1 N–H and O–H groups in total. The number of benzene rings is 3. The van der Waals surface area contributed by atoms with Gasteiger partial charge < -0.3 is 29.0 Å². The Kier molecular flexibility index (Phi) is 6.32. The first kappa shape index (κ1) is 23.7. The number of fused-ring (bicyclic) bond motifs is 1. The zero-order chi connectivity index (χ0) is 25.4. The van der Waals surface area contributed by atoms with Crippen molar-refractivity contribution in [1.29, 1.82) is 0 Å². The standard InChI is InChI=1S/C27H22BrNO7/c1-33-18-5-3-4-16(11-18)24-23(25(30)17-7-9-20(34-2)19(28)12-17)26(31)27(32)29(24)13-15-6-8-21-22(10-15)36-14-35-21/h3-12,24,30H,13-14H2,1-2H3/b25-23+. The van der Waals surface area contributed by atoms with Crippen LogP contribution in [0.4, 0.5) is 0 Å². The lowest BCUT2D eigenvalue weighted by Gasteiger charge is -2.26. The number of rotatable bonds is 6. The van der Waals surface area contributed by atoms with E-state index in [9.17, 15) is 14.7 Å². The monoisotopic (exact) mass is 551 g/mol. The summed E-state index contributed by atoms with van der Waals surface area (Å²) in [6.45, 7) is 0.247. The van der Waals surface area contributed by atoms with E-state index in [1.54, 1.807) is 54.6 Å². The highest BCUT2D eigenvalue weighted by molar-refractivity contribution is 9.10. The number of aliphatic hydroxyl groups excluding tert-OH is 1. The van der Waals surface area contributed by atoms with E-state index < -0.39 is 17.7 Å². The highest BCUT2D eigenvalue weighted by atomic mass is 79.9. The Hall–Kier alpha value is -3.98. The maximum atomic E-state index is 13.3. The number of hydrogen-bond donors (Lipinski definition) is 1. The van der Waals surface area contributed by atoms with Gasteiger partial charge in [-0.05, 0) is 69.5 Å². The van der Waals surface area contributed by atoms with Crippen LogP contribution in [0, 0.1) is 0 Å². The van der Waals surface area contributed by atoms with Gasteiger partial charge in [0, 0.05) is 12.1 Å². The largest absolute Gasteiger partial charge is 0.507 e. The lowest BCUT2D eigenvalue weighted by molar-refractivity contribution is -0.140. The molecule has 2 aliphatic heterocycles. The van der Waals surface area contributed by atoms with Crippen LogP contribution < -0.4 is 18.9 Å². The summed E-state index contributed by atoms with van der Waals surface area (Å²) >= 11 is 3.41. The van der Waals surface area contributed by atoms with Crippen LogP contribution in [0.3, 0.4) is 0 Å². The highest BCUT2D eigenvalue weighted by Crippen LogP contribution is 2.42. The fourth-order valence-corrected chi connectivity index (χ4v) is 4.95. The first-order valence-corrected chi connectivity index (χ1v) is 11.9.